The number of aliphatic hydroxyl groups excluding tert-OH is 1. The molecule has 0 aliphatic rings. The first-order valence-corrected chi connectivity index (χ1v) is 7.61. The number of thiazole rings is 1. The number of rotatable bonds is 3. The number of benzene rings is 1. The van der Waals surface area contributed by atoms with E-state index in [2.05, 4.69) is 25.8 Å². The number of halogens is 2. The van der Waals surface area contributed by atoms with Crippen molar-refractivity contribution in [2.45, 2.75) is 38.7 Å². The Hall–Kier alpha value is -0.970. The van der Waals surface area contributed by atoms with Crippen molar-refractivity contribution >= 4 is 22.9 Å². The minimum Gasteiger partial charge on any atom is -0.386 e. The molecule has 2 nitrogen and oxygen atoms in total. The molecule has 1 atom stereocenters. The molecule has 0 radical (unpaired) electrons. The van der Waals surface area contributed by atoms with Crippen LogP contribution in [0.2, 0.25) is 5.02 Å². The Balaban J connectivity index is 2.13. The molecule has 0 amide bonds. The Labute approximate surface area is 127 Å². The number of hydrogen-bond acceptors (Lipinski definition) is 3. The number of aromatic nitrogens is 1. The van der Waals surface area contributed by atoms with Crippen LogP contribution in [-0.2, 0) is 11.8 Å². The highest BCUT2D eigenvalue weighted by Crippen LogP contribution is 2.29. The zero-order valence-electron chi connectivity index (χ0n) is 11.7. The van der Waals surface area contributed by atoms with Crippen molar-refractivity contribution < 1.29 is 9.50 Å². The van der Waals surface area contributed by atoms with Gasteiger partial charge in [-0.05, 0) is 17.7 Å². The van der Waals surface area contributed by atoms with Gasteiger partial charge < -0.3 is 5.11 Å². The van der Waals surface area contributed by atoms with Crippen LogP contribution < -0.4 is 0 Å². The molecule has 0 spiro atoms. The molecule has 108 valence electrons. The lowest BCUT2D eigenvalue weighted by atomic mass is 9.98. The lowest BCUT2D eigenvalue weighted by Gasteiger charge is -2.14. The highest BCUT2D eigenvalue weighted by molar-refractivity contribution is 7.09. The van der Waals surface area contributed by atoms with Crippen LogP contribution in [0.25, 0.3) is 0 Å². The molecule has 1 aromatic carbocycles. The molecule has 0 aliphatic heterocycles. The Morgan fingerprint density at radius 1 is 1.40 bits per heavy atom. The normalized spacial score (nSPS) is 13.5. The summed E-state index contributed by atoms with van der Waals surface area (Å²) in [5, 5.41) is 13.1. The fraction of sp³-hybridized carbons (Fsp3) is 0.400. The third-order valence-electron chi connectivity index (χ3n) is 2.92. The van der Waals surface area contributed by atoms with Crippen molar-refractivity contribution in [1.82, 2.24) is 4.98 Å². The van der Waals surface area contributed by atoms with E-state index in [1.807, 2.05) is 5.38 Å². The molecule has 0 saturated carbocycles. The Morgan fingerprint density at radius 2 is 2.10 bits per heavy atom. The van der Waals surface area contributed by atoms with Crippen molar-refractivity contribution in [1.29, 1.82) is 0 Å². The third-order valence-corrected chi connectivity index (χ3v) is 4.51. The summed E-state index contributed by atoms with van der Waals surface area (Å²) in [5.74, 6) is -0.468. The smallest absolute Gasteiger partial charge is 0.142 e. The summed E-state index contributed by atoms with van der Waals surface area (Å²) in [7, 11) is 0. The van der Waals surface area contributed by atoms with Gasteiger partial charge in [0.25, 0.3) is 0 Å². The van der Waals surface area contributed by atoms with Crippen molar-refractivity contribution in [2.24, 2.45) is 0 Å². The molecule has 2 aromatic rings. The predicted octanol–water partition coefficient (Wildman–Crippen LogP) is 4.51. The maximum Gasteiger partial charge on any atom is 0.142 e. The monoisotopic (exact) mass is 313 g/mol. The van der Waals surface area contributed by atoms with Gasteiger partial charge in [0.2, 0.25) is 0 Å². The lowest BCUT2D eigenvalue weighted by molar-refractivity contribution is 0.174. The van der Waals surface area contributed by atoms with Crippen LogP contribution in [0.4, 0.5) is 4.39 Å². The van der Waals surface area contributed by atoms with Crippen molar-refractivity contribution in [2.75, 3.05) is 0 Å². The minimum atomic E-state index is -0.733. The highest BCUT2D eigenvalue weighted by atomic mass is 35.5. The topological polar surface area (TPSA) is 33.1 Å². The number of nitrogens with zero attached hydrogens (tertiary/aromatic N) is 1. The molecule has 0 bridgehead atoms. The van der Waals surface area contributed by atoms with E-state index in [9.17, 15) is 9.50 Å². The van der Waals surface area contributed by atoms with Gasteiger partial charge in [-0.3, -0.25) is 0 Å². The van der Waals surface area contributed by atoms with Gasteiger partial charge in [0.05, 0.1) is 15.7 Å². The van der Waals surface area contributed by atoms with E-state index in [-0.39, 0.29) is 10.4 Å². The molecule has 2 rings (SSSR count). The number of aliphatic hydroxyl groups is 1. The van der Waals surface area contributed by atoms with Gasteiger partial charge in [-0.1, -0.05) is 38.4 Å². The average molecular weight is 314 g/mol. The van der Waals surface area contributed by atoms with Gasteiger partial charge in [-0.25, -0.2) is 9.37 Å². The fourth-order valence-electron chi connectivity index (χ4n) is 1.78. The molecule has 5 heteroatoms. The first-order chi connectivity index (χ1) is 9.27. The summed E-state index contributed by atoms with van der Waals surface area (Å²) in [4.78, 5) is 4.47. The third kappa shape index (κ3) is 3.57. The molecule has 0 fully saturated rings. The molecule has 0 saturated heterocycles. The first-order valence-electron chi connectivity index (χ1n) is 6.35. The molecule has 20 heavy (non-hydrogen) atoms. The van der Waals surface area contributed by atoms with Crippen LogP contribution in [-0.4, -0.2) is 10.1 Å². The van der Waals surface area contributed by atoms with Gasteiger partial charge in [0.1, 0.15) is 11.9 Å². The molecule has 1 N–H and O–H groups in total. The second-order valence-corrected chi connectivity index (χ2v) is 7.06. The van der Waals surface area contributed by atoms with E-state index in [0.717, 1.165) is 5.01 Å². The van der Waals surface area contributed by atoms with Crippen molar-refractivity contribution in [3.8, 4) is 0 Å². The van der Waals surface area contributed by atoms with E-state index in [4.69, 9.17) is 11.6 Å². The van der Waals surface area contributed by atoms with E-state index < -0.39 is 11.9 Å². The Bertz CT molecular complexity index is 606. The summed E-state index contributed by atoms with van der Waals surface area (Å²) < 4.78 is 13.4. The van der Waals surface area contributed by atoms with Crippen LogP contribution in [0.3, 0.4) is 0 Å². The van der Waals surface area contributed by atoms with E-state index in [1.165, 1.54) is 23.5 Å². The predicted molar refractivity (Wildman–Crippen MR) is 80.9 cm³/mol. The Morgan fingerprint density at radius 3 is 2.65 bits per heavy atom. The minimum absolute atomic E-state index is 0.0327. The van der Waals surface area contributed by atoms with Crippen LogP contribution in [0.1, 0.15) is 43.1 Å². The maximum atomic E-state index is 13.4. The summed E-state index contributed by atoms with van der Waals surface area (Å²) in [5.41, 5.74) is 1.30. The van der Waals surface area contributed by atoms with Crippen molar-refractivity contribution in [3.05, 3.63) is 50.7 Å². The van der Waals surface area contributed by atoms with Crippen molar-refractivity contribution in [3.63, 3.8) is 0 Å². The van der Waals surface area contributed by atoms with E-state index >= 15 is 0 Å². The maximum absolute atomic E-state index is 13.4. The Kier molecular flexibility index (Phi) is 4.47. The fourth-order valence-corrected chi connectivity index (χ4v) is 2.85. The summed E-state index contributed by atoms with van der Waals surface area (Å²) in [6.07, 6.45) is -0.413. The van der Waals surface area contributed by atoms with Gasteiger partial charge in [0, 0.05) is 17.2 Å². The molecule has 1 unspecified atom stereocenters. The second-order valence-electron chi connectivity index (χ2n) is 5.80. The van der Waals surface area contributed by atoms with Gasteiger partial charge >= 0.3 is 0 Å². The van der Waals surface area contributed by atoms with E-state index in [0.29, 0.717) is 17.7 Å². The average Bonchev–Trinajstić information content (AvgIpc) is 2.83. The quantitative estimate of drug-likeness (QED) is 0.904. The molecule has 1 heterocycles. The molecule has 0 aliphatic carbocycles. The highest BCUT2D eigenvalue weighted by Gasteiger charge is 2.20. The first kappa shape index (κ1) is 15.4. The van der Waals surface area contributed by atoms with Gasteiger partial charge in [-0.2, -0.15) is 0 Å². The van der Waals surface area contributed by atoms with Gasteiger partial charge in [0.15, 0.2) is 0 Å². The van der Waals surface area contributed by atoms with Crippen LogP contribution in [0.15, 0.2) is 23.6 Å². The lowest BCUT2D eigenvalue weighted by Crippen LogP contribution is -2.11. The van der Waals surface area contributed by atoms with E-state index in [1.54, 1.807) is 6.07 Å². The van der Waals surface area contributed by atoms with Crippen LogP contribution in [0, 0.1) is 5.82 Å². The van der Waals surface area contributed by atoms with Crippen LogP contribution in [0.5, 0.6) is 0 Å². The summed E-state index contributed by atoms with van der Waals surface area (Å²) in [6, 6.07) is 4.56. The SMILES string of the molecule is CC(C)(C)c1nc(C(O)Cc2ccc(Cl)c(F)c2)cs1. The standard InChI is InChI=1S/C15H17ClFNOS/c1-15(2,3)14-18-12(8-20-14)13(19)7-9-4-5-10(16)11(17)6-9/h4-6,8,13,19H,7H2,1-3H3. The largest absolute Gasteiger partial charge is 0.386 e. The second kappa shape index (κ2) is 5.80. The zero-order valence-corrected chi connectivity index (χ0v) is 13.2. The zero-order chi connectivity index (χ0) is 14.9. The summed E-state index contributed by atoms with van der Waals surface area (Å²) in [6.45, 7) is 6.24. The molecular weight excluding hydrogens is 297 g/mol. The summed E-state index contributed by atoms with van der Waals surface area (Å²) >= 11 is 7.17. The van der Waals surface area contributed by atoms with Gasteiger partial charge in [-0.15, -0.1) is 11.3 Å². The van der Waals surface area contributed by atoms with Crippen LogP contribution >= 0.6 is 22.9 Å². The number of hydrogen-bond donors (Lipinski definition) is 1. The molecular formula is C15H17ClFNOS. The molecule has 1 aromatic heterocycles.